The van der Waals surface area contributed by atoms with Crippen LogP contribution < -0.4 is 10.6 Å². The van der Waals surface area contributed by atoms with E-state index >= 15 is 0 Å². The zero-order valence-electron chi connectivity index (χ0n) is 10.7. The number of hydrogen-bond donors (Lipinski definition) is 2. The number of carbonyl (C=O) groups is 1. The third kappa shape index (κ3) is 2.58. The minimum absolute atomic E-state index is 0.00713. The predicted octanol–water partition coefficient (Wildman–Crippen LogP) is 1.72. The van der Waals surface area contributed by atoms with Crippen LogP contribution in [0.3, 0.4) is 0 Å². The van der Waals surface area contributed by atoms with Crippen LogP contribution in [0.1, 0.15) is 23.2 Å². The zero-order valence-corrected chi connectivity index (χ0v) is 10.7. The number of nitrogens with zero attached hydrogens (tertiary/aromatic N) is 1. The average Bonchev–Trinajstić information content (AvgIpc) is 2.47. The maximum atomic E-state index is 12.4. The summed E-state index contributed by atoms with van der Waals surface area (Å²) in [5, 5.41) is 7.31. The molecule has 1 aliphatic rings. The van der Waals surface area contributed by atoms with Gasteiger partial charge in [-0.05, 0) is 37.6 Å². The van der Waals surface area contributed by atoms with Crippen LogP contribution in [0.25, 0.3) is 10.9 Å². The van der Waals surface area contributed by atoms with Gasteiger partial charge in [0.05, 0.1) is 5.52 Å². The van der Waals surface area contributed by atoms with Crippen LogP contribution in [0.15, 0.2) is 36.5 Å². The second kappa shape index (κ2) is 5.36. The topological polar surface area (TPSA) is 54.0 Å². The maximum Gasteiger partial charge on any atom is 0.252 e. The van der Waals surface area contributed by atoms with E-state index in [0.29, 0.717) is 5.56 Å². The molecular formula is C15H17N3O. The smallest absolute Gasteiger partial charge is 0.252 e. The second-order valence-electron chi connectivity index (χ2n) is 4.89. The van der Waals surface area contributed by atoms with Crippen LogP contribution in [0, 0.1) is 0 Å². The summed E-state index contributed by atoms with van der Waals surface area (Å²) in [6.45, 7) is 1.90. The number of hydrogen-bond acceptors (Lipinski definition) is 3. The Balaban J connectivity index is 1.85. The number of carbonyl (C=O) groups excluding carboxylic acids is 1. The molecule has 4 heteroatoms. The van der Waals surface area contributed by atoms with Gasteiger partial charge in [-0.15, -0.1) is 0 Å². The Bertz CT molecular complexity index is 585. The molecule has 98 valence electrons. The van der Waals surface area contributed by atoms with Crippen molar-refractivity contribution in [1.29, 1.82) is 0 Å². The molecule has 0 radical (unpaired) electrons. The first-order valence-corrected chi connectivity index (χ1v) is 6.70. The molecule has 1 aromatic heterocycles. The molecule has 3 rings (SSSR count). The number of pyridine rings is 1. The predicted molar refractivity (Wildman–Crippen MR) is 75.1 cm³/mol. The Kier molecular flexibility index (Phi) is 3.42. The number of rotatable bonds is 2. The molecular weight excluding hydrogens is 238 g/mol. The van der Waals surface area contributed by atoms with Gasteiger partial charge in [0.25, 0.3) is 5.91 Å². The van der Waals surface area contributed by atoms with Gasteiger partial charge in [0.1, 0.15) is 0 Å². The summed E-state index contributed by atoms with van der Waals surface area (Å²) in [6.07, 6.45) is 3.90. The van der Waals surface area contributed by atoms with Gasteiger partial charge in [-0.1, -0.05) is 12.1 Å². The number of nitrogens with one attached hydrogen (secondary N) is 2. The van der Waals surface area contributed by atoms with Crippen molar-refractivity contribution in [3.8, 4) is 0 Å². The van der Waals surface area contributed by atoms with Crippen molar-refractivity contribution in [2.24, 2.45) is 0 Å². The monoisotopic (exact) mass is 255 g/mol. The molecule has 1 aliphatic heterocycles. The van der Waals surface area contributed by atoms with Gasteiger partial charge < -0.3 is 10.6 Å². The first kappa shape index (κ1) is 12.1. The fourth-order valence-electron chi connectivity index (χ4n) is 2.54. The van der Waals surface area contributed by atoms with Crippen LogP contribution in [0.5, 0.6) is 0 Å². The van der Waals surface area contributed by atoms with E-state index in [4.69, 9.17) is 0 Å². The van der Waals surface area contributed by atoms with E-state index in [0.717, 1.165) is 36.8 Å². The lowest BCUT2D eigenvalue weighted by Gasteiger charge is -2.24. The summed E-state index contributed by atoms with van der Waals surface area (Å²) >= 11 is 0. The lowest BCUT2D eigenvalue weighted by Crippen LogP contribution is -2.45. The molecule has 1 fully saturated rings. The van der Waals surface area contributed by atoms with Crippen molar-refractivity contribution in [1.82, 2.24) is 15.6 Å². The van der Waals surface area contributed by atoms with E-state index in [1.54, 1.807) is 6.20 Å². The third-order valence-electron chi connectivity index (χ3n) is 3.52. The number of benzene rings is 1. The Hall–Kier alpha value is -1.94. The van der Waals surface area contributed by atoms with E-state index in [9.17, 15) is 4.79 Å². The fraction of sp³-hybridized carbons (Fsp3) is 0.333. The van der Waals surface area contributed by atoms with Gasteiger partial charge >= 0.3 is 0 Å². The van der Waals surface area contributed by atoms with Gasteiger partial charge in [-0.2, -0.15) is 0 Å². The minimum Gasteiger partial charge on any atom is -0.348 e. The summed E-state index contributed by atoms with van der Waals surface area (Å²) in [7, 11) is 0. The van der Waals surface area contributed by atoms with Gasteiger partial charge in [-0.25, -0.2) is 0 Å². The van der Waals surface area contributed by atoms with Crippen LogP contribution >= 0.6 is 0 Å². The van der Waals surface area contributed by atoms with Gasteiger partial charge in [0.2, 0.25) is 0 Å². The highest BCUT2D eigenvalue weighted by Crippen LogP contribution is 2.16. The van der Waals surface area contributed by atoms with E-state index in [2.05, 4.69) is 15.6 Å². The highest BCUT2D eigenvalue weighted by atomic mass is 16.1. The number of piperidine rings is 1. The lowest BCUT2D eigenvalue weighted by atomic mass is 10.0. The number of aromatic nitrogens is 1. The minimum atomic E-state index is -0.00713. The Morgan fingerprint density at radius 3 is 3.11 bits per heavy atom. The Morgan fingerprint density at radius 2 is 2.26 bits per heavy atom. The summed E-state index contributed by atoms with van der Waals surface area (Å²) in [6, 6.07) is 9.69. The molecule has 2 N–H and O–H groups in total. The molecule has 1 atom stereocenters. The van der Waals surface area contributed by atoms with Crippen LogP contribution in [-0.4, -0.2) is 30.0 Å². The average molecular weight is 255 g/mol. The van der Waals surface area contributed by atoms with Crippen LogP contribution in [0.2, 0.25) is 0 Å². The van der Waals surface area contributed by atoms with Crippen molar-refractivity contribution in [2.45, 2.75) is 18.9 Å². The van der Waals surface area contributed by atoms with Gasteiger partial charge in [0.15, 0.2) is 0 Å². The second-order valence-corrected chi connectivity index (χ2v) is 4.89. The highest BCUT2D eigenvalue weighted by Gasteiger charge is 2.17. The van der Waals surface area contributed by atoms with E-state index in [1.807, 2.05) is 30.3 Å². The molecule has 2 aromatic rings. The van der Waals surface area contributed by atoms with Crippen molar-refractivity contribution < 1.29 is 4.79 Å². The van der Waals surface area contributed by atoms with Gasteiger partial charge in [-0.3, -0.25) is 9.78 Å². The van der Waals surface area contributed by atoms with E-state index in [1.165, 1.54) is 0 Å². The molecule has 1 aromatic carbocycles. The summed E-state index contributed by atoms with van der Waals surface area (Å²) in [5.74, 6) is -0.00713. The summed E-state index contributed by atoms with van der Waals surface area (Å²) in [5.41, 5.74) is 1.56. The van der Waals surface area contributed by atoms with Crippen molar-refractivity contribution >= 4 is 16.8 Å². The molecule has 0 unspecified atom stereocenters. The quantitative estimate of drug-likeness (QED) is 0.859. The van der Waals surface area contributed by atoms with Crippen molar-refractivity contribution in [3.63, 3.8) is 0 Å². The Labute approximate surface area is 112 Å². The van der Waals surface area contributed by atoms with Crippen molar-refractivity contribution in [2.75, 3.05) is 13.1 Å². The van der Waals surface area contributed by atoms with E-state index < -0.39 is 0 Å². The number of fused-ring (bicyclic) bond motifs is 1. The maximum absolute atomic E-state index is 12.4. The van der Waals surface area contributed by atoms with Gasteiger partial charge in [0, 0.05) is 29.7 Å². The number of amides is 1. The van der Waals surface area contributed by atoms with E-state index in [-0.39, 0.29) is 11.9 Å². The largest absolute Gasteiger partial charge is 0.348 e. The SMILES string of the molecule is O=C(N[C@@H]1CCCNC1)c1cccc2ncccc12. The molecule has 0 saturated carbocycles. The molecule has 19 heavy (non-hydrogen) atoms. The molecule has 0 bridgehead atoms. The normalized spacial score (nSPS) is 19.3. The molecule has 1 amide bonds. The highest BCUT2D eigenvalue weighted by molar-refractivity contribution is 6.06. The van der Waals surface area contributed by atoms with Crippen molar-refractivity contribution in [3.05, 3.63) is 42.1 Å². The Morgan fingerprint density at radius 1 is 1.32 bits per heavy atom. The summed E-state index contributed by atoms with van der Waals surface area (Å²) in [4.78, 5) is 16.6. The molecule has 1 saturated heterocycles. The first-order valence-electron chi connectivity index (χ1n) is 6.70. The fourth-order valence-corrected chi connectivity index (χ4v) is 2.54. The van der Waals surface area contributed by atoms with Crippen LogP contribution in [-0.2, 0) is 0 Å². The molecule has 4 nitrogen and oxygen atoms in total. The lowest BCUT2D eigenvalue weighted by molar-refractivity contribution is 0.0932. The first-order chi connectivity index (χ1) is 9.34. The molecule has 0 aliphatic carbocycles. The molecule has 0 spiro atoms. The summed E-state index contributed by atoms with van der Waals surface area (Å²) < 4.78 is 0. The standard InChI is InChI=1S/C15H17N3O/c19-15(18-11-4-2-8-16-10-11)13-5-1-7-14-12(13)6-3-9-17-14/h1,3,5-7,9,11,16H,2,4,8,10H2,(H,18,19)/t11-/m1/s1. The zero-order chi connectivity index (χ0) is 13.1. The van der Waals surface area contributed by atoms with Crippen LogP contribution in [0.4, 0.5) is 0 Å². The molecule has 2 heterocycles. The third-order valence-corrected chi connectivity index (χ3v) is 3.52.